The molecule has 96 valence electrons. The highest BCUT2D eigenvalue weighted by Crippen LogP contribution is 2.28. The van der Waals surface area contributed by atoms with Gasteiger partial charge < -0.3 is 5.32 Å². The highest BCUT2D eigenvalue weighted by molar-refractivity contribution is 9.11. The predicted molar refractivity (Wildman–Crippen MR) is 83.6 cm³/mol. The van der Waals surface area contributed by atoms with Crippen molar-refractivity contribution in [2.24, 2.45) is 0 Å². The van der Waals surface area contributed by atoms with Crippen LogP contribution in [0.4, 0.5) is 5.69 Å². The van der Waals surface area contributed by atoms with Gasteiger partial charge in [-0.15, -0.1) is 11.3 Å². The molecule has 1 aromatic carbocycles. The van der Waals surface area contributed by atoms with Crippen LogP contribution < -0.4 is 5.32 Å². The second-order valence-electron chi connectivity index (χ2n) is 3.82. The molecule has 0 atom stereocenters. The molecule has 1 heterocycles. The van der Waals surface area contributed by atoms with Gasteiger partial charge in [0.25, 0.3) is 5.91 Å². The Hall–Kier alpha value is -1.16. The molecule has 0 aliphatic heterocycles. The van der Waals surface area contributed by atoms with Crippen LogP contribution in [0.25, 0.3) is 0 Å². The van der Waals surface area contributed by atoms with Gasteiger partial charge in [0.1, 0.15) is 6.07 Å². The summed E-state index contributed by atoms with van der Waals surface area (Å²) in [4.78, 5) is 12.7. The van der Waals surface area contributed by atoms with E-state index in [4.69, 9.17) is 5.26 Å². The highest BCUT2D eigenvalue weighted by atomic mass is 79.9. The summed E-state index contributed by atoms with van der Waals surface area (Å²) in [6, 6.07) is 9.03. The van der Waals surface area contributed by atoms with Crippen molar-refractivity contribution in [2.45, 2.75) is 6.92 Å². The summed E-state index contributed by atoms with van der Waals surface area (Å²) in [5.74, 6) is -0.211. The number of rotatable bonds is 2. The zero-order chi connectivity index (χ0) is 14.0. The summed E-state index contributed by atoms with van der Waals surface area (Å²) >= 11 is 8.05. The average molecular weight is 400 g/mol. The number of anilines is 1. The lowest BCUT2D eigenvalue weighted by Gasteiger charge is -2.05. The summed E-state index contributed by atoms with van der Waals surface area (Å²) in [6.45, 7) is 1.93. The lowest BCUT2D eigenvalue weighted by atomic mass is 10.2. The van der Waals surface area contributed by atoms with Crippen LogP contribution in [0.5, 0.6) is 0 Å². The maximum absolute atomic E-state index is 12.1. The molecule has 3 nitrogen and oxygen atoms in total. The zero-order valence-electron chi connectivity index (χ0n) is 9.83. The first-order chi connectivity index (χ1) is 9.01. The number of hydrogen-bond donors (Lipinski definition) is 1. The predicted octanol–water partition coefficient (Wildman–Crippen LogP) is 4.71. The molecule has 0 bridgehead atoms. The first-order valence-corrected chi connectivity index (χ1v) is 7.68. The molecule has 0 aliphatic carbocycles. The number of aryl methyl sites for hydroxylation is 1. The Labute approximate surface area is 131 Å². The molecule has 2 rings (SSSR count). The van der Waals surface area contributed by atoms with E-state index < -0.39 is 0 Å². The van der Waals surface area contributed by atoms with Crippen LogP contribution in [0.15, 0.2) is 32.5 Å². The van der Waals surface area contributed by atoms with E-state index in [1.54, 1.807) is 18.2 Å². The molecule has 1 N–H and O–H groups in total. The number of thiophene rings is 1. The minimum atomic E-state index is -0.211. The van der Waals surface area contributed by atoms with Gasteiger partial charge in [-0.2, -0.15) is 5.26 Å². The van der Waals surface area contributed by atoms with Gasteiger partial charge in [0.05, 0.1) is 19.9 Å². The standard InChI is InChI=1S/C13H8Br2N2OS/c1-7-4-11(19-12(7)15)13(18)17-10-3-2-9(14)5-8(10)6-16/h2-5H,1H3,(H,17,18). The number of nitriles is 1. The van der Waals surface area contributed by atoms with Crippen LogP contribution in [-0.4, -0.2) is 5.91 Å². The quantitative estimate of drug-likeness (QED) is 0.795. The van der Waals surface area contributed by atoms with Crippen molar-refractivity contribution < 1.29 is 4.79 Å². The number of carbonyl (C=O) groups excluding carboxylic acids is 1. The van der Waals surface area contributed by atoms with Crippen molar-refractivity contribution in [1.82, 2.24) is 0 Å². The van der Waals surface area contributed by atoms with Gasteiger partial charge in [0, 0.05) is 4.47 Å². The van der Waals surface area contributed by atoms with Gasteiger partial charge in [-0.1, -0.05) is 15.9 Å². The van der Waals surface area contributed by atoms with Crippen LogP contribution >= 0.6 is 43.2 Å². The maximum atomic E-state index is 12.1. The van der Waals surface area contributed by atoms with Gasteiger partial charge in [-0.05, 0) is 52.7 Å². The summed E-state index contributed by atoms with van der Waals surface area (Å²) in [7, 11) is 0. The normalized spacial score (nSPS) is 10.0. The number of halogens is 2. The van der Waals surface area contributed by atoms with Gasteiger partial charge >= 0.3 is 0 Å². The van der Waals surface area contributed by atoms with Crippen LogP contribution in [0.1, 0.15) is 20.8 Å². The number of hydrogen-bond acceptors (Lipinski definition) is 3. The van der Waals surface area contributed by atoms with E-state index in [-0.39, 0.29) is 5.91 Å². The smallest absolute Gasteiger partial charge is 0.265 e. The number of amides is 1. The van der Waals surface area contributed by atoms with Gasteiger partial charge in [0.2, 0.25) is 0 Å². The third-order valence-corrected chi connectivity index (χ3v) is 5.06. The molecule has 19 heavy (non-hydrogen) atoms. The fraction of sp³-hybridized carbons (Fsp3) is 0.0769. The van der Waals surface area contributed by atoms with Crippen molar-refractivity contribution >= 4 is 54.8 Å². The Kier molecular flexibility index (Phi) is 4.40. The largest absolute Gasteiger partial charge is 0.320 e. The van der Waals surface area contributed by atoms with E-state index in [0.29, 0.717) is 16.1 Å². The third kappa shape index (κ3) is 3.24. The summed E-state index contributed by atoms with van der Waals surface area (Å²) in [5.41, 5.74) is 1.96. The first kappa shape index (κ1) is 14.3. The molecular formula is C13H8Br2N2OS. The van der Waals surface area contributed by atoms with Crippen molar-refractivity contribution in [2.75, 3.05) is 5.32 Å². The summed E-state index contributed by atoms with van der Waals surface area (Å²) < 4.78 is 1.74. The Balaban J connectivity index is 2.27. The molecule has 6 heteroatoms. The lowest BCUT2D eigenvalue weighted by Crippen LogP contribution is -2.11. The molecular weight excluding hydrogens is 392 g/mol. The van der Waals surface area contributed by atoms with Crippen molar-refractivity contribution in [3.05, 3.63) is 48.5 Å². The summed E-state index contributed by atoms with van der Waals surface area (Å²) in [5, 5.41) is 11.8. The van der Waals surface area contributed by atoms with Gasteiger partial charge in [0.15, 0.2) is 0 Å². The van der Waals surface area contributed by atoms with Crippen LogP contribution in [-0.2, 0) is 0 Å². The minimum absolute atomic E-state index is 0.211. The van der Waals surface area contributed by atoms with Crippen LogP contribution in [0.2, 0.25) is 0 Å². The number of nitrogens with zero attached hydrogens (tertiary/aromatic N) is 1. The fourth-order valence-corrected chi connectivity index (χ4v) is 3.26. The van der Waals surface area contributed by atoms with Gasteiger partial charge in [-0.3, -0.25) is 4.79 Å². The molecule has 0 unspecified atom stereocenters. The highest BCUT2D eigenvalue weighted by Gasteiger charge is 2.13. The SMILES string of the molecule is Cc1cc(C(=O)Nc2ccc(Br)cc2C#N)sc1Br. The zero-order valence-corrected chi connectivity index (χ0v) is 13.8. The minimum Gasteiger partial charge on any atom is -0.320 e. The monoisotopic (exact) mass is 398 g/mol. The van der Waals surface area contributed by atoms with Crippen LogP contribution in [0.3, 0.4) is 0 Å². The van der Waals surface area contributed by atoms with Crippen molar-refractivity contribution in [1.29, 1.82) is 5.26 Å². The fourth-order valence-electron chi connectivity index (χ4n) is 1.47. The van der Waals surface area contributed by atoms with Gasteiger partial charge in [-0.25, -0.2) is 0 Å². The molecule has 2 aromatic rings. The Morgan fingerprint density at radius 2 is 2.11 bits per heavy atom. The first-order valence-electron chi connectivity index (χ1n) is 5.28. The van der Waals surface area contributed by atoms with E-state index in [2.05, 4.69) is 43.2 Å². The molecule has 0 spiro atoms. The Morgan fingerprint density at radius 1 is 1.37 bits per heavy atom. The van der Waals surface area contributed by atoms with E-state index >= 15 is 0 Å². The Morgan fingerprint density at radius 3 is 2.68 bits per heavy atom. The maximum Gasteiger partial charge on any atom is 0.265 e. The average Bonchev–Trinajstić information content (AvgIpc) is 2.72. The topological polar surface area (TPSA) is 52.9 Å². The Bertz CT molecular complexity index is 669. The summed E-state index contributed by atoms with van der Waals surface area (Å²) in [6.07, 6.45) is 0. The van der Waals surface area contributed by atoms with E-state index in [1.165, 1.54) is 11.3 Å². The van der Waals surface area contributed by atoms with E-state index in [0.717, 1.165) is 13.8 Å². The second kappa shape index (κ2) is 5.87. The molecule has 0 aliphatic rings. The van der Waals surface area contributed by atoms with Crippen molar-refractivity contribution in [3.63, 3.8) is 0 Å². The van der Waals surface area contributed by atoms with Crippen molar-refractivity contribution in [3.8, 4) is 6.07 Å². The van der Waals surface area contributed by atoms with E-state index in [1.807, 2.05) is 13.0 Å². The number of nitrogens with one attached hydrogen (secondary N) is 1. The molecule has 0 fully saturated rings. The molecule has 1 aromatic heterocycles. The molecule has 0 saturated heterocycles. The third-order valence-electron chi connectivity index (χ3n) is 2.43. The molecule has 0 saturated carbocycles. The molecule has 1 amide bonds. The van der Waals surface area contributed by atoms with E-state index in [9.17, 15) is 4.79 Å². The second-order valence-corrected chi connectivity index (χ2v) is 7.11. The number of benzene rings is 1. The van der Waals surface area contributed by atoms with Crippen LogP contribution in [0, 0.1) is 18.3 Å². The molecule has 0 radical (unpaired) electrons. The lowest BCUT2D eigenvalue weighted by molar-refractivity contribution is 0.103. The number of carbonyl (C=O) groups is 1.